The highest BCUT2D eigenvalue weighted by atomic mass is 16.2. The number of hydrogen-bond donors (Lipinski definition) is 3. The van der Waals surface area contributed by atoms with Crippen LogP contribution in [0.1, 0.15) is 12.5 Å². The summed E-state index contributed by atoms with van der Waals surface area (Å²) >= 11 is 0. The van der Waals surface area contributed by atoms with Gasteiger partial charge in [-0.25, -0.2) is 0 Å². The molecule has 2 aromatic heterocycles. The van der Waals surface area contributed by atoms with E-state index in [1.807, 2.05) is 6.07 Å². The number of carbonyl (C=O) groups is 2. The molecule has 2 amide bonds. The van der Waals surface area contributed by atoms with Crippen molar-refractivity contribution in [3.8, 4) is 6.07 Å². The molecule has 0 bridgehead atoms. The minimum atomic E-state index is -0.337. The number of aromatic nitrogens is 1. The highest BCUT2D eigenvalue weighted by molar-refractivity contribution is 5.81. The van der Waals surface area contributed by atoms with Crippen LogP contribution >= 0.6 is 0 Å². The summed E-state index contributed by atoms with van der Waals surface area (Å²) in [4.78, 5) is 34.8. The molecule has 2 aromatic rings. The van der Waals surface area contributed by atoms with E-state index < -0.39 is 0 Å². The number of rotatable bonds is 6. The van der Waals surface area contributed by atoms with E-state index >= 15 is 0 Å². The van der Waals surface area contributed by atoms with Gasteiger partial charge in [-0.1, -0.05) is 6.07 Å². The van der Waals surface area contributed by atoms with Crippen LogP contribution in [0.4, 0.5) is 5.69 Å². The largest absolute Gasteiger partial charge is 0.372 e. The Morgan fingerprint density at radius 1 is 1.25 bits per heavy atom. The van der Waals surface area contributed by atoms with Gasteiger partial charge in [-0.15, -0.1) is 0 Å². The van der Waals surface area contributed by atoms with Gasteiger partial charge in [-0.2, -0.15) is 5.26 Å². The first-order valence-electron chi connectivity index (χ1n) is 7.32. The lowest BCUT2D eigenvalue weighted by Crippen LogP contribution is -2.37. The first kappa shape index (κ1) is 17.0. The molecule has 24 heavy (non-hydrogen) atoms. The Bertz CT molecular complexity index is 866. The second-order valence-corrected chi connectivity index (χ2v) is 5.03. The number of fused-ring (bicyclic) bond motifs is 1. The Balaban J connectivity index is 2.04. The van der Waals surface area contributed by atoms with Gasteiger partial charge >= 0.3 is 0 Å². The molecule has 0 atom stereocenters. The lowest BCUT2D eigenvalue weighted by Gasteiger charge is -2.10. The molecule has 3 N–H and O–H groups in total. The van der Waals surface area contributed by atoms with Crippen LogP contribution in [-0.2, 0) is 9.59 Å². The number of nitrogens with zero attached hydrogens (tertiary/aromatic N) is 2. The number of carbonyl (C=O) groups excluding carboxylic acids is 2. The maximum atomic E-state index is 12.4. The molecular weight excluding hydrogens is 310 g/mol. The van der Waals surface area contributed by atoms with E-state index in [2.05, 4.69) is 16.0 Å². The third-order valence-electron chi connectivity index (χ3n) is 3.25. The molecule has 8 nitrogen and oxygen atoms in total. The highest BCUT2D eigenvalue weighted by Gasteiger charge is 2.09. The normalized spacial score (nSPS) is 10.0. The molecular formula is C16H17N5O3. The zero-order valence-corrected chi connectivity index (χ0v) is 13.1. The van der Waals surface area contributed by atoms with Crippen LogP contribution in [0.2, 0.25) is 0 Å². The Labute approximate surface area is 138 Å². The van der Waals surface area contributed by atoms with Gasteiger partial charge in [-0.05, 0) is 18.2 Å². The maximum absolute atomic E-state index is 12.4. The first-order valence-corrected chi connectivity index (χ1v) is 7.32. The lowest BCUT2D eigenvalue weighted by molar-refractivity contribution is -0.121. The van der Waals surface area contributed by atoms with Crippen LogP contribution in [0, 0.1) is 11.3 Å². The summed E-state index contributed by atoms with van der Waals surface area (Å²) in [6.07, 6.45) is 1.57. The van der Waals surface area contributed by atoms with Crippen molar-refractivity contribution >= 4 is 23.0 Å². The summed E-state index contributed by atoms with van der Waals surface area (Å²) < 4.78 is 1.36. The van der Waals surface area contributed by atoms with Crippen molar-refractivity contribution in [2.24, 2.45) is 0 Å². The molecule has 0 radical (unpaired) electrons. The lowest BCUT2D eigenvalue weighted by atomic mass is 10.2. The van der Waals surface area contributed by atoms with Crippen molar-refractivity contribution in [3.63, 3.8) is 0 Å². The van der Waals surface area contributed by atoms with Gasteiger partial charge in [0.15, 0.2) is 0 Å². The summed E-state index contributed by atoms with van der Waals surface area (Å²) in [5, 5.41) is 17.1. The Kier molecular flexibility index (Phi) is 5.52. The summed E-state index contributed by atoms with van der Waals surface area (Å²) in [5.74, 6) is -0.494. The van der Waals surface area contributed by atoms with Crippen LogP contribution < -0.4 is 21.5 Å². The first-order chi connectivity index (χ1) is 11.5. The molecule has 124 valence electrons. The third-order valence-corrected chi connectivity index (χ3v) is 3.25. The Hall–Kier alpha value is -3.34. The van der Waals surface area contributed by atoms with E-state index in [4.69, 9.17) is 0 Å². The minimum Gasteiger partial charge on any atom is -0.372 e. The molecule has 0 aliphatic rings. The van der Waals surface area contributed by atoms with Gasteiger partial charge in [0.1, 0.15) is 11.8 Å². The minimum absolute atomic E-state index is 0.112. The Morgan fingerprint density at radius 3 is 2.71 bits per heavy atom. The molecule has 8 heteroatoms. The second kappa shape index (κ2) is 7.78. The number of amides is 2. The fraction of sp³-hybridized carbons (Fsp3) is 0.250. The zero-order valence-electron chi connectivity index (χ0n) is 13.1. The predicted octanol–water partition coefficient (Wildman–Crippen LogP) is -0.165. The fourth-order valence-electron chi connectivity index (χ4n) is 2.14. The fourth-order valence-corrected chi connectivity index (χ4v) is 2.14. The molecule has 0 aliphatic heterocycles. The quantitative estimate of drug-likeness (QED) is 0.637. The van der Waals surface area contributed by atoms with E-state index in [1.165, 1.54) is 17.4 Å². The van der Waals surface area contributed by atoms with Crippen molar-refractivity contribution in [3.05, 3.63) is 46.4 Å². The van der Waals surface area contributed by atoms with E-state index in [1.54, 1.807) is 24.4 Å². The van der Waals surface area contributed by atoms with Crippen LogP contribution in [-0.4, -0.2) is 35.8 Å². The molecule has 2 rings (SSSR count). The van der Waals surface area contributed by atoms with Gasteiger partial charge in [0, 0.05) is 26.2 Å². The zero-order chi connectivity index (χ0) is 17.5. The van der Waals surface area contributed by atoms with Gasteiger partial charge in [0.05, 0.1) is 17.6 Å². The molecule has 2 heterocycles. The van der Waals surface area contributed by atoms with E-state index in [0.29, 0.717) is 24.2 Å². The van der Waals surface area contributed by atoms with Crippen molar-refractivity contribution in [2.45, 2.75) is 6.92 Å². The van der Waals surface area contributed by atoms with Gasteiger partial charge < -0.3 is 16.0 Å². The molecule has 0 unspecified atom stereocenters. The van der Waals surface area contributed by atoms with Crippen molar-refractivity contribution in [2.75, 3.05) is 25.0 Å². The van der Waals surface area contributed by atoms with Crippen LogP contribution in [0.25, 0.3) is 5.52 Å². The summed E-state index contributed by atoms with van der Waals surface area (Å²) in [6, 6.07) is 8.58. The molecule has 0 fully saturated rings. The average Bonchev–Trinajstić information content (AvgIpc) is 2.58. The summed E-state index contributed by atoms with van der Waals surface area (Å²) in [5.41, 5.74) is 0.682. The maximum Gasteiger partial charge on any atom is 0.278 e. The number of pyridine rings is 2. The summed E-state index contributed by atoms with van der Waals surface area (Å²) in [6.45, 7) is 1.90. The smallest absolute Gasteiger partial charge is 0.278 e. The predicted molar refractivity (Wildman–Crippen MR) is 88.6 cm³/mol. The van der Waals surface area contributed by atoms with Crippen LogP contribution in [0.3, 0.4) is 0 Å². The molecule has 0 saturated carbocycles. The number of anilines is 1. The number of hydrogen-bond acceptors (Lipinski definition) is 5. The van der Waals surface area contributed by atoms with E-state index in [0.717, 1.165) is 0 Å². The number of nitrogens with one attached hydrogen (secondary N) is 3. The molecule has 0 aromatic carbocycles. The van der Waals surface area contributed by atoms with E-state index in [9.17, 15) is 19.6 Å². The standard InChI is InChI=1S/C16H17N5O3/c1-11(22)18-5-6-19-15(23)10-20-13-8-12(9-17)14-4-2-3-7-21(14)16(13)24/h2-4,7-8,20H,5-6,10H2,1H3,(H,18,22)(H,19,23). The Morgan fingerprint density at radius 2 is 2.00 bits per heavy atom. The molecule has 0 spiro atoms. The van der Waals surface area contributed by atoms with Crippen molar-refractivity contribution < 1.29 is 9.59 Å². The summed E-state index contributed by atoms with van der Waals surface area (Å²) in [7, 11) is 0. The van der Waals surface area contributed by atoms with Gasteiger partial charge in [0.25, 0.3) is 5.56 Å². The SMILES string of the molecule is CC(=O)NCCNC(=O)CNc1cc(C#N)c2ccccn2c1=O. The molecule has 0 saturated heterocycles. The highest BCUT2D eigenvalue weighted by Crippen LogP contribution is 2.11. The second-order valence-electron chi connectivity index (χ2n) is 5.03. The van der Waals surface area contributed by atoms with Crippen LogP contribution in [0.15, 0.2) is 35.3 Å². The average molecular weight is 327 g/mol. The van der Waals surface area contributed by atoms with Gasteiger partial charge in [0.2, 0.25) is 11.8 Å². The topological polar surface area (TPSA) is 116 Å². The van der Waals surface area contributed by atoms with Crippen molar-refractivity contribution in [1.29, 1.82) is 5.26 Å². The number of nitriles is 1. The third kappa shape index (κ3) is 4.10. The van der Waals surface area contributed by atoms with Gasteiger partial charge in [-0.3, -0.25) is 18.8 Å². The molecule has 0 aliphatic carbocycles. The van der Waals surface area contributed by atoms with Crippen molar-refractivity contribution in [1.82, 2.24) is 15.0 Å². The monoisotopic (exact) mass is 327 g/mol. The van der Waals surface area contributed by atoms with Crippen LogP contribution in [0.5, 0.6) is 0 Å². The van der Waals surface area contributed by atoms with E-state index in [-0.39, 0.29) is 29.6 Å².